The van der Waals surface area contributed by atoms with Crippen LogP contribution in [0, 0.1) is 0 Å². The molecule has 0 aromatic rings. The molecule has 1 rings (SSSR count). The quantitative estimate of drug-likeness (QED) is 0.571. The molecule has 1 aliphatic rings. The van der Waals surface area contributed by atoms with Gasteiger partial charge in [-0.05, 0) is 13.5 Å². The van der Waals surface area contributed by atoms with Crippen molar-refractivity contribution in [2.45, 2.75) is 12.5 Å². The van der Waals surface area contributed by atoms with E-state index in [0.29, 0.717) is 6.61 Å². The maximum absolute atomic E-state index is 9.07. The fourth-order valence-electron chi connectivity index (χ4n) is 1.19. The molecule has 64 valence electrons. The molecule has 11 heavy (non-hydrogen) atoms. The van der Waals surface area contributed by atoms with Crippen LogP contribution in [0.4, 0.5) is 0 Å². The van der Waals surface area contributed by atoms with E-state index < -0.39 is 0 Å². The van der Waals surface area contributed by atoms with Crippen molar-refractivity contribution in [3.63, 3.8) is 0 Å². The molecule has 0 aromatic carbocycles. The molecule has 0 radical (unpaired) electrons. The zero-order valence-electron chi connectivity index (χ0n) is 6.92. The van der Waals surface area contributed by atoms with E-state index in [0.717, 1.165) is 19.5 Å². The van der Waals surface area contributed by atoms with Crippen molar-refractivity contribution >= 4 is 0 Å². The zero-order chi connectivity index (χ0) is 8.27. The van der Waals surface area contributed by atoms with E-state index in [1.54, 1.807) is 0 Å². The molecule has 1 fully saturated rings. The van der Waals surface area contributed by atoms with Crippen LogP contribution in [0.25, 0.3) is 0 Å². The number of rotatable bonds is 1. The Labute approximate surface area is 67.3 Å². The van der Waals surface area contributed by atoms with Crippen LogP contribution < -0.4 is 0 Å². The lowest BCUT2D eigenvalue weighted by atomic mass is 10.3. The van der Waals surface area contributed by atoms with Crippen molar-refractivity contribution in [2.75, 3.05) is 26.7 Å². The summed E-state index contributed by atoms with van der Waals surface area (Å²) in [6.07, 6.45) is 0.836. The molecular formula is C8H15NO2. The first-order chi connectivity index (χ1) is 5.20. The molecule has 1 atom stereocenters. The Kier molecular flexibility index (Phi) is 2.91. The molecule has 0 aliphatic carbocycles. The van der Waals surface area contributed by atoms with E-state index >= 15 is 0 Å². The number of aliphatic hydroxyl groups excluding tert-OH is 1. The molecule has 1 aliphatic heterocycles. The van der Waals surface area contributed by atoms with Gasteiger partial charge in [0, 0.05) is 19.7 Å². The number of nitrogens with zero attached hydrogens (tertiary/aromatic N) is 1. The molecule has 1 heterocycles. The average molecular weight is 157 g/mol. The van der Waals surface area contributed by atoms with Crippen LogP contribution >= 0.6 is 0 Å². The van der Waals surface area contributed by atoms with E-state index in [9.17, 15) is 0 Å². The fraction of sp³-hybridized carbons (Fsp3) is 0.750. The Bertz CT molecular complexity index is 147. The first-order valence-electron chi connectivity index (χ1n) is 3.88. The van der Waals surface area contributed by atoms with Crippen LogP contribution in [-0.4, -0.2) is 42.9 Å². The fourth-order valence-corrected chi connectivity index (χ4v) is 1.19. The standard InChI is InChI=1S/C8H15NO2/c1-7(10)8-6-9(2)4-3-5-11-8/h8,10H,1,3-6H2,2H3/t8-/m0/s1. The second kappa shape index (κ2) is 3.74. The van der Waals surface area contributed by atoms with E-state index in [2.05, 4.69) is 11.5 Å². The highest BCUT2D eigenvalue weighted by molar-refractivity contribution is 4.92. The lowest BCUT2D eigenvalue weighted by molar-refractivity contribution is 0.0537. The smallest absolute Gasteiger partial charge is 0.126 e. The van der Waals surface area contributed by atoms with Gasteiger partial charge in [0.25, 0.3) is 0 Å². The first-order valence-corrected chi connectivity index (χ1v) is 3.88. The highest BCUT2D eigenvalue weighted by atomic mass is 16.5. The molecule has 0 spiro atoms. The van der Waals surface area contributed by atoms with Gasteiger partial charge in [-0.2, -0.15) is 0 Å². The van der Waals surface area contributed by atoms with Gasteiger partial charge in [0.1, 0.15) is 11.9 Å². The van der Waals surface area contributed by atoms with Gasteiger partial charge < -0.3 is 14.7 Å². The Balaban J connectivity index is 2.45. The average Bonchev–Trinajstić information content (AvgIpc) is 2.13. The summed E-state index contributed by atoms with van der Waals surface area (Å²) in [5.41, 5.74) is 0. The monoisotopic (exact) mass is 157 g/mol. The SMILES string of the molecule is C=C(O)[C@@H]1CN(C)CCCO1. The van der Waals surface area contributed by atoms with Gasteiger partial charge in [-0.25, -0.2) is 0 Å². The molecule has 0 amide bonds. The predicted molar refractivity (Wildman–Crippen MR) is 43.6 cm³/mol. The van der Waals surface area contributed by atoms with E-state index in [1.165, 1.54) is 0 Å². The molecule has 1 saturated heterocycles. The lowest BCUT2D eigenvalue weighted by Crippen LogP contribution is -2.29. The van der Waals surface area contributed by atoms with Crippen molar-refractivity contribution in [3.8, 4) is 0 Å². The third-order valence-electron chi connectivity index (χ3n) is 1.85. The molecule has 3 nitrogen and oxygen atoms in total. The number of aliphatic hydroxyl groups is 1. The third kappa shape index (κ3) is 2.52. The second-order valence-corrected chi connectivity index (χ2v) is 2.97. The molecule has 3 heteroatoms. The predicted octanol–water partition coefficient (Wildman–Crippen LogP) is 0.779. The minimum Gasteiger partial charge on any atom is -0.510 e. The van der Waals surface area contributed by atoms with Crippen LogP contribution in [-0.2, 0) is 4.74 Å². The van der Waals surface area contributed by atoms with Gasteiger partial charge in [0.15, 0.2) is 0 Å². The zero-order valence-corrected chi connectivity index (χ0v) is 6.92. The normalized spacial score (nSPS) is 27.9. The van der Waals surface area contributed by atoms with Crippen LogP contribution in [0.5, 0.6) is 0 Å². The lowest BCUT2D eigenvalue weighted by Gasteiger charge is -2.17. The van der Waals surface area contributed by atoms with E-state index in [1.807, 2.05) is 7.05 Å². The highest BCUT2D eigenvalue weighted by Crippen LogP contribution is 2.08. The van der Waals surface area contributed by atoms with Gasteiger partial charge in [0.2, 0.25) is 0 Å². The van der Waals surface area contributed by atoms with Crippen LogP contribution in [0.2, 0.25) is 0 Å². The van der Waals surface area contributed by atoms with Crippen molar-refractivity contribution in [1.29, 1.82) is 0 Å². The first kappa shape index (κ1) is 8.56. The Morgan fingerprint density at radius 3 is 3.09 bits per heavy atom. The molecule has 0 aromatic heterocycles. The Hall–Kier alpha value is -0.540. The topological polar surface area (TPSA) is 32.7 Å². The minimum atomic E-state index is -0.192. The number of hydrogen-bond donors (Lipinski definition) is 1. The Morgan fingerprint density at radius 1 is 1.73 bits per heavy atom. The molecule has 0 bridgehead atoms. The third-order valence-corrected chi connectivity index (χ3v) is 1.85. The van der Waals surface area contributed by atoms with E-state index in [4.69, 9.17) is 9.84 Å². The summed E-state index contributed by atoms with van der Waals surface area (Å²) < 4.78 is 5.34. The summed E-state index contributed by atoms with van der Waals surface area (Å²) in [6.45, 7) is 5.95. The largest absolute Gasteiger partial charge is 0.510 e. The highest BCUT2D eigenvalue weighted by Gasteiger charge is 2.17. The summed E-state index contributed by atoms with van der Waals surface area (Å²) in [4.78, 5) is 2.14. The Morgan fingerprint density at radius 2 is 2.45 bits per heavy atom. The second-order valence-electron chi connectivity index (χ2n) is 2.97. The van der Waals surface area contributed by atoms with Crippen molar-refractivity contribution < 1.29 is 9.84 Å². The molecular weight excluding hydrogens is 142 g/mol. The van der Waals surface area contributed by atoms with Gasteiger partial charge in [-0.15, -0.1) is 0 Å². The molecule has 0 unspecified atom stereocenters. The van der Waals surface area contributed by atoms with Gasteiger partial charge >= 0.3 is 0 Å². The maximum atomic E-state index is 9.07. The van der Waals surface area contributed by atoms with Crippen molar-refractivity contribution in [2.24, 2.45) is 0 Å². The number of hydrogen-bond acceptors (Lipinski definition) is 3. The van der Waals surface area contributed by atoms with Crippen LogP contribution in [0.1, 0.15) is 6.42 Å². The maximum Gasteiger partial charge on any atom is 0.126 e. The van der Waals surface area contributed by atoms with Gasteiger partial charge in [-0.1, -0.05) is 6.58 Å². The van der Waals surface area contributed by atoms with Crippen LogP contribution in [0.3, 0.4) is 0 Å². The summed E-state index contributed by atoms with van der Waals surface area (Å²) in [5.74, 6) is 0.138. The van der Waals surface area contributed by atoms with Crippen LogP contribution in [0.15, 0.2) is 12.3 Å². The molecule has 0 saturated carbocycles. The summed E-state index contributed by atoms with van der Waals surface area (Å²) in [6, 6.07) is 0. The summed E-state index contributed by atoms with van der Waals surface area (Å²) in [7, 11) is 2.02. The molecule has 1 N–H and O–H groups in total. The summed E-state index contributed by atoms with van der Waals surface area (Å²) in [5, 5.41) is 9.07. The van der Waals surface area contributed by atoms with E-state index in [-0.39, 0.29) is 11.9 Å². The number of ether oxygens (including phenoxy) is 1. The van der Waals surface area contributed by atoms with Gasteiger partial charge in [-0.3, -0.25) is 0 Å². The van der Waals surface area contributed by atoms with Crippen molar-refractivity contribution in [3.05, 3.63) is 12.3 Å². The van der Waals surface area contributed by atoms with Crippen molar-refractivity contribution in [1.82, 2.24) is 4.90 Å². The minimum absolute atomic E-state index is 0.138. The van der Waals surface area contributed by atoms with Gasteiger partial charge in [0.05, 0.1) is 0 Å². The number of likely N-dealkylation sites (N-methyl/N-ethyl adjacent to an activating group) is 1. The summed E-state index contributed by atoms with van der Waals surface area (Å²) >= 11 is 0.